The van der Waals surface area contributed by atoms with Crippen LogP contribution in [0.1, 0.15) is 41.3 Å². The van der Waals surface area contributed by atoms with Crippen molar-refractivity contribution in [3.8, 4) is 0 Å². The quantitative estimate of drug-likeness (QED) is 0.582. The second-order valence-corrected chi connectivity index (χ2v) is 6.92. The number of rotatable bonds is 5. The van der Waals surface area contributed by atoms with E-state index in [2.05, 4.69) is 65.4 Å². The minimum atomic E-state index is 0.374. The van der Waals surface area contributed by atoms with Crippen LogP contribution in [-0.2, 0) is 13.0 Å². The minimum absolute atomic E-state index is 0.374. The van der Waals surface area contributed by atoms with Crippen LogP contribution in [0.3, 0.4) is 0 Å². The molecule has 4 rings (SSSR count). The summed E-state index contributed by atoms with van der Waals surface area (Å²) < 4.78 is 0. The molecular formula is C23H25N3. The molecule has 1 aliphatic rings. The Bertz CT molecular complexity index is 950. The number of nitrogens with one attached hydrogen (secondary N) is 2. The summed E-state index contributed by atoms with van der Waals surface area (Å²) in [5.41, 5.74) is 13.1. The monoisotopic (exact) mass is 343 g/mol. The molecule has 3 nitrogen and oxygen atoms in total. The number of benzene rings is 2. The highest BCUT2D eigenvalue weighted by Crippen LogP contribution is 2.36. The van der Waals surface area contributed by atoms with Crippen molar-refractivity contribution in [3.63, 3.8) is 0 Å². The summed E-state index contributed by atoms with van der Waals surface area (Å²) in [7, 11) is 0. The van der Waals surface area contributed by atoms with Crippen LogP contribution in [0.25, 0.3) is 16.5 Å². The molecule has 3 aromatic rings. The predicted octanol–water partition coefficient (Wildman–Crippen LogP) is 4.82. The molecule has 0 fully saturated rings. The van der Waals surface area contributed by atoms with Crippen LogP contribution in [0.2, 0.25) is 0 Å². The lowest BCUT2D eigenvalue weighted by molar-refractivity contribution is 0.452. The van der Waals surface area contributed by atoms with E-state index in [1.54, 1.807) is 6.20 Å². The van der Waals surface area contributed by atoms with E-state index in [9.17, 15) is 0 Å². The van der Waals surface area contributed by atoms with Gasteiger partial charge in [0, 0.05) is 35.4 Å². The number of hydrogen-bond donors (Lipinski definition) is 3. The Hall–Kier alpha value is -2.78. The van der Waals surface area contributed by atoms with Gasteiger partial charge in [-0.1, -0.05) is 49.1 Å². The van der Waals surface area contributed by atoms with Crippen molar-refractivity contribution in [3.05, 3.63) is 89.8 Å². The van der Waals surface area contributed by atoms with Crippen molar-refractivity contribution in [1.82, 2.24) is 10.3 Å². The molecule has 0 aliphatic heterocycles. The molecule has 0 unspecified atom stereocenters. The van der Waals surface area contributed by atoms with Gasteiger partial charge in [0.15, 0.2) is 0 Å². The second kappa shape index (κ2) is 7.22. The first-order valence-corrected chi connectivity index (χ1v) is 9.26. The first-order chi connectivity index (χ1) is 12.8. The van der Waals surface area contributed by atoms with Crippen molar-refractivity contribution in [2.24, 2.45) is 5.73 Å². The van der Waals surface area contributed by atoms with Crippen LogP contribution in [0.5, 0.6) is 0 Å². The second-order valence-electron chi connectivity index (χ2n) is 6.92. The fourth-order valence-electron chi connectivity index (χ4n) is 3.97. The zero-order valence-corrected chi connectivity index (χ0v) is 15.0. The normalized spacial score (nSPS) is 17.2. The van der Waals surface area contributed by atoms with Crippen LogP contribution >= 0.6 is 0 Å². The van der Waals surface area contributed by atoms with Crippen molar-refractivity contribution in [2.45, 2.75) is 31.8 Å². The standard InChI is InChI=1S/C23H25N3/c1-2-17(14-24)18-11-12-21-20(13-18)19-9-6-10-22(23(19)26-21)25-15-16-7-4-3-5-8-16/h2-5,7-8,11-14,22,25-26H,1,6,9-10,15,24H2/b17-14+/t22-/m1/s1. The number of fused-ring (bicyclic) bond motifs is 3. The minimum Gasteiger partial charge on any atom is -0.404 e. The summed E-state index contributed by atoms with van der Waals surface area (Å²) in [6, 6.07) is 17.5. The Morgan fingerprint density at radius 3 is 2.85 bits per heavy atom. The van der Waals surface area contributed by atoms with Crippen LogP contribution < -0.4 is 11.1 Å². The van der Waals surface area contributed by atoms with E-state index in [0.717, 1.165) is 24.1 Å². The number of aromatic amines is 1. The van der Waals surface area contributed by atoms with Crippen LogP contribution in [0.15, 0.2) is 67.4 Å². The molecule has 1 aliphatic carbocycles. The topological polar surface area (TPSA) is 53.8 Å². The third-order valence-electron chi connectivity index (χ3n) is 5.34. The first-order valence-electron chi connectivity index (χ1n) is 9.26. The van der Waals surface area contributed by atoms with Gasteiger partial charge in [-0.05, 0) is 53.7 Å². The first kappa shape index (κ1) is 16.7. The molecule has 4 N–H and O–H groups in total. The number of aromatic nitrogens is 1. The van der Waals surface area contributed by atoms with Gasteiger partial charge in [0.05, 0.1) is 0 Å². The van der Waals surface area contributed by atoms with Gasteiger partial charge >= 0.3 is 0 Å². The molecule has 1 atom stereocenters. The van der Waals surface area contributed by atoms with Gasteiger partial charge in [-0.25, -0.2) is 0 Å². The molecule has 1 heterocycles. The van der Waals surface area contributed by atoms with Crippen molar-refractivity contribution in [2.75, 3.05) is 0 Å². The van der Waals surface area contributed by atoms with Crippen molar-refractivity contribution < 1.29 is 0 Å². The van der Waals surface area contributed by atoms with Crippen LogP contribution in [0, 0.1) is 0 Å². The van der Waals surface area contributed by atoms with Gasteiger partial charge in [0.2, 0.25) is 0 Å². The Morgan fingerprint density at radius 2 is 2.08 bits per heavy atom. The largest absolute Gasteiger partial charge is 0.404 e. The molecule has 0 spiro atoms. The van der Waals surface area contributed by atoms with Gasteiger partial charge in [-0.15, -0.1) is 0 Å². The Kier molecular flexibility index (Phi) is 4.63. The zero-order chi connectivity index (χ0) is 17.9. The molecule has 1 aromatic heterocycles. The van der Waals surface area contributed by atoms with Crippen molar-refractivity contribution in [1.29, 1.82) is 0 Å². The summed E-state index contributed by atoms with van der Waals surface area (Å²) >= 11 is 0. The lowest BCUT2D eigenvalue weighted by Crippen LogP contribution is -2.24. The number of aryl methyl sites for hydroxylation is 1. The highest BCUT2D eigenvalue weighted by molar-refractivity contribution is 5.89. The third kappa shape index (κ3) is 3.06. The summed E-state index contributed by atoms with van der Waals surface area (Å²) in [5, 5.41) is 5.05. The molecule has 0 bridgehead atoms. The number of nitrogens with two attached hydrogens (primary N) is 1. The molecule has 0 amide bonds. The fraction of sp³-hybridized carbons (Fsp3) is 0.217. The molecule has 132 valence electrons. The molecule has 0 saturated carbocycles. The molecule has 3 heteroatoms. The molecule has 0 saturated heterocycles. The fourth-order valence-corrected chi connectivity index (χ4v) is 3.97. The maximum atomic E-state index is 5.74. The predicted molar refractivity (Wildman–Crippen MR) is 110 cm³/mol. The van der Waals surface area contributed by atoms with E-state index < -0.39 is 0 Å². The van der Waals surface area contributed by atoms with E-state index >= 15 is 0 Å². The Labute approximate surface area is 154 Å². The number of allylic oxidation sites excluding steroid dienone is 2. The number of hydrogen-bond acceptors (Lipinski definition) is 2. The lowest BCUT2D eigenvalue weighted by atomic mass is 9.91. The summed E-state index contributed by atoms with van der Waals surface area (Å²) in [5.74, 6) is 0. The zero-order valence-electron chi connectivity index (χ0n) is 15.0. The number of H-pyrrole nitrogens is 1. The van der Waals surface area contributed by atoms with Gasteiger partial charge in [-0.2, -0.15) is 0 Å². The van der Waals surface area contributed by atoms with Gasteiger partial charge in [0.25, 0.3) is 0 Å². The smallest absolute Gasteiger partial charge is 0.0478 e. The van der Waals surface area contributed by atoms with Crippen molar-refractivity contribution >= 4 is 16.5 Å². The third-order valence-corrected chi connectivity index (χ3v) is 5.34. The SMILES string of the molecule is C=C/C(=C\N)c1ccc2[nH]c3c(c2c1)CCC[C@H]3NCc1ccccc1. The summed E-state index contributed by atoms with van der Waals surface area (Å²) in [6.45, 7) is 4.75. The van der Waals surface area contributed by atoms with Gasteiger partial charge in [0.1, 0.15) is 0 Å². The van der Waals surface area contributed by atoms with Crippen LogP contribution in [-0.4, -0.2) is 4.98 Å². The van der Waals surface area contributed by atoms with Gasteiger partial charge in [-0.3, -0.25) is 0 Å². The van der Waals surface area contributed by atoms with Gasteiger partial charge < -0.3 is 16.0 Å². The lowest BCUT2D eigenvalue weighted by Gasteiger charge is -2.24. The Balaban J connectivity index is 1.65. The molecular weight excluding hydrogens is 318 g/mol. The Morgan fingerprint density at radius 1 is 1.23 bits per heavy atom. The van der Waals surface area contributed by atoms with E-state index in [1.807, 2.05) is 6.08 Å². The summed E-state index contributed by atoms with van der Waals surface area (Å²) in [6.07, 6.45) is 6.93. The van der Waals surface area contributed by atoms with E-state index in [1.165, 1.54) is 40.6 Å². The highest BCUT2D eigenvalue weighted by atomic mass is 14.9. The van der Waals surface area contributed by atoms with E-state index in [4.69, 9.17) is 5.73 Å². The average molecular weight is 343 g/mol. The van der Waals surface area contributed by atoms with Crippen LogP contribution in [0.4, 0.5) is 0 Å². The maximum absolute atomic E-state index is 5.74. The molecule has 0 radical (unpaired) electrons. The maximum Gasteiger partial charge on any atom is 0.0478 e. The average Bonchev–Trinajstić information content (AvgIpc) is 3.07. The summed E-state index contributed by atoms with van der Waals surface area (Å²) in [4.78, 5) is 3.67. The highest BCUT2D eigenvalue weighted by Gasteiger charge is 2.24. The molecule has 2 aromatic carbocycles. The van der Waals surface area contributed by atoms with E-state index in [-0.39, 0.29) is 0 Å². The van der Waals surface area contributed by atoms with E-state index in [0.29, 0.717) is 6.04 Å². The molecule has 26 heavy (non-hydrogen) atoms.